The summed E-state index contributed by atoms with van der Waals surface area (Å²) in [5.41, 5.74) is 0.261. The van der Waals surface area contributed by atoms with E-state index < -0.39 is 11.5 Å². The van der Waals surface area contributed by atoms with Crippen molar-refractivity contribution in [2.24, 2.45) is 0 Å². The van der Waals surface area contributed by atoms with E-state index in [2.05, 4.69) is 0 Å². The number of likely N-dealkylation sites (N-methyl/N-ethyl adjacent to an activating group) is 1. The zero-order valence-electron chi connectivity index (χ0n) is 13.7. The first-order chi connectivity index (χ1) is 10.2. The number of carboxylic acid groups (broad SMARTS) is 1. The van der Waals surface area contributed by atoms with E-state index in [0.717, 1.165) is 5.57 Å². The number of carboxylic acids is 1. The van der Waals surface area contributed by atoms with Crippen molar-refractivity contribution in [1.82, 2.24) is 4.90 Å². The van der Waals surface area contributed by atoms with Crippen molar-refractivity contribution >= 4 is 11.9 Å². The number of nitrogens with zero attached hydrogens (tertiary/aromatic N) is 1. The zero-order valence-corrected chi connectivity index (χ0v) is 13.7. The molecule has 0 saturated heterocycles. The largest absolute Gasteiger partial charge is 0.490 e. The molecule has 0 saturated carbocycles. The Morgan fingerprint density at radius 1 is 1.32 bits per heavy atom. The topological polar surface area (TPSA) is 66.8 Å². The average Bonchev–Trinajstić information content (AvgIpc) is 2.45. The summed E-state index contributed by atoms with van der Waals surface area (Å²) in [6.07, 6.45) is 1.94. The van der Waals surface area contributed by atoms with E-state index in [1.54, 1.807) is 24.3 Å². The van der Waals surface area contributed by atoms with Gasteiger partial charge in [-0.1, -0.05) is 11.6 Å². The second-order valence-electron chi connectivity index (χ2n) is 5.85. The summed E-state index contributed by atoms with van der Waals surface area (Å²) in [5.74, 6) is -0.843. The number of aliphatic carboxylic acids is 1. The molecule has 1 amide bonds. The van der Waals surface area contributed by atoms with Gasteiger partial charge in [0.25, 0.3) is 5.91 Å². The SMILES string of the molecule is CC(C)=CCOc1cccc(C(=O)N(C)C(C)(C)C(=O)O)c1. The summed E-state index contributed by atoms with van der Waals surface area (Å²) in [7, 11) is 1.48. The van der Waals surface area contributed by atoms with Crippen LogP contribution < -0.4 is 4.74 Å². The van der Waals surface area contributed by atoms with Gasteiger partial charge in [0, 0.05) is 12.6 Å². The van der Waals surface area contributed by atoms with E-state index in [-0.39, 0.29) is 5.91 Å². The van der Waals surface area contributed by atoms with Crippen LogP contribution in [0, 0.1) is 0 Å². The van der Waals surface area contributed by atoms with Gasteiger partial charge in [-0.15, -0.1) is 0 Å². The van der Waals surface area contributed by atoms with Crippen molar-refractivity contribution in [3.63, 3.8) is 0 Å². The molecule has 5 nitrogen and oxygen atoms in total. The molecule has 0 atom stereocenters. The van der Waals surface area contributed by atoms with Crippen LogP contribution in [0.4, 0.5) is 0 Å². The number of allylic oxidation sites excluding steroid dienone is 1. The van der Waals surface area contributed by atoms with E-state index in [1.165, 1.54) is 25.8 Å². The van der Waals surface area contributed by atoms with Gasteiger partial charge in [0.1, 0.15) is 17.9 Å². The lowest BCUT2D eigenvalue weighted by molar-refractivity contribution is -0.147. The molecule has 22 heavy (non-hydrogen) atoms. The molecular weight excluding hydrogens is 282 g/mol. The molecule has 0 unspecified atom stereocenters. The maximum atomic E-state index is 12.4. The smallest absolute Gasteiger partial charge is 0.329 e. The van der Waals surface area contributed by atoms with Crippen LogP contribution in [-0.2, 0) is 4.79 Å². The zero-order chi connectivity index (χ0) is 16.9. The summed E-state index contributed by atoms with van der Waals surface area (Å²) >= 11 is 0. The summed E-state index contributed by atoms with van der Waals surface area (Å²) in [6, 6.07) is 6.74. The fraction of sp³-hybridized carbons (Fsp3) is 0.412. The molecule has 1 aromatic rings. The third-order valence-corrected chi connectivity index (χ3v) is 3.49. The van der Waals surface area contributed by atoms with Gasteiger partial charge in [0.05, 0.1) is 0 Å². The minimum atomic E-state index is -1.28. The predicted octanol–water partition coefficient (Wildman–Crippen LogP) is 2.97. The molecule has 0 aromatic heterocycles. The van der Waals surface area contributed by atoms with E-state index in [9.17, 15) is 14.7 Å². The molecule has 1 N–H and O–H groups in total. The number of benzene rings is 1. The van der Waals surface area contributed by atoms with Crippen molar-refractivity contribution < 1.29 is 19.4 Å². The Morgan fingerprint density at radius 3 is 2.50 bits per heavy atom. The quantitative estimate of drug-likeness (QED) is 0.821. The normalized spacial score (nSPS) is 10.8. The summed E-state index contributed by atoms with van der Waals surface area (Å²) < 4.78 is 5.56. The number of hydrogen-bond acceptors (Lipinski definition) is 3. The Labute approximate surface area is 131 Å². The molecule has 1 rings (SSSR count). The lowest BCUT2D eigenvalue weighted by Crippen LogP contribution is -2.50. The van der Waals surface area contributed by atoms with E-state index in [1.807, 2.05) is 19.9 Å². The molecule has 0 radical (unpaired) electrons. The molecule has 0 heterocycles. The van der Waals surface area contributed by atoms with Gasteiger partial charge in [-0.2, -0.15) is 0 Å². The average molecular weight is 305 g/mol. The molecular formula is C17H23NO4. The van der Waals surface area contributed by atoms with Crippen LogP contribution in [0.3, 0.4) is 0 Å². The fourth-order valence-electron chi connectivity index (χ4n) is 1.61. The van der Waals surface area contributed by atoms with E-state index in [4.69, 9.17) is 4.74 Å². The highest BCUT2D eigenvalue weighted by molar-refractivity contribution is 5.97. The van der Waals surface area contributed by atoms with E-state index >= 15 is 0 Å². The Hall–Kier alpha value is -2.30. The number of carbonyl (C=O) groups is 2. The Morgan fingerprint density at radius 2 is 1.95 bits per heavy atom. The van der Waals surface area contributed by atoms with Crippen molar-refractivity contribution in [3.05, 3.63) is 41.5 Å². The highest BCUT2D eigenvalue weighted by atomic mass is 16.5. The number of hydrogen-bond donors (Lipinski definition) is 1. The minimum Gasteiger partial charge on any atom is -0.490 e. The molecule has 0 aliphatic heterocycles. The standard InChI is InChI=1S/C17H23NO4/c1-12(2)9-10-22-14-8-6-7-13(11-14)15(19)18(5)17(3,4)16(20)21/h6-9,11H,10H2,1-5H3,(H,20,21). The summed E-state index contributed by atoms with van der Waals surface area (Å²) in [5, 5.41) is 9.21. The summed E-state index contributed by atoms with van der Waals surface area (Å²) in [4.78, 5) is 24.9. The lowest BCUT2D eigenvalue weighted by atomic mass is 10.0. The second kappa shape index (κ2) is 7.11. The highest BCUT2D eigenvalue weighted by Crippen LogP contribution is 2.19. The monoisotopic (exact) mass is 305 g/mol. The first-order valence-electron chi connectivity index (χ1n) is 7.04. The van der Waals surface area contributed by atoms with Crippen molar-refractivity contribution in [2.45, 2.75) is 33.2 Å². The predicted molar refractivity (Wildman–Crippen MR) is 85.2 cm³/mol. The highest BCUT2D eigenvalue weighted by Gasteiger charge is 2.35. The Bertz CT molecular complexity index is 586. The maximum absolute atomic E-state index is 12.4. The Kier molecular flexibility index (Phi) is 5.74. The molecule has 0 bridgehead atoms. The first kappa shape index (κ1) is 17.8. The number of amides is 1. The number of carbonyl (C=O) groups excluding carboxylic acids is 1. The third-order valence-electron chi connectivity index (χ3n) is 3.49. The first-order valence-corrected chi connectivity index (χ1v) is 7.04. The number of rotatable bonds is 6. The molecule has 0 aliphatic rings. The molecule has 120 valence electrons. The Balaban J connectivity index is 2.91. The van der Waals surface area contributed by atoms with Gasteiger partial charge in [0.15, 0.2) is 0 Å². The third kappa shape index (κ3) is 4.35. The second-order valence-corrected chi connectivity index (χ2v) is 5.85. The van der Waals surface area contributed by atoms with Gasteiger partial charge in [-0.25, -0.2) is 4.79 Å². The van der Waals surface area contributed by atoms with Crippen LogP contribution in [0.2, 0.25) is 0 Å². The van der Waals surface area contributed by atoms with Crippen molar-refractivity contribution in [3.8, 4) is 5.75 Å². The lowest BCUT2D eigenvalue weighted by Gasteiger charge is -2.31. The van der Waals surface area contributed by atoms with E-state index in [0.29, 0.717) is 17.9 Å². The molecule has 0 spiro atoms. The van der Waals surface area contributed by atoms with Crippen LogP contribution in [0.5, 0.6) is 5.75 Å². The fourth-order valence-corrected chi connectivity index (χ4v) is 1.61. The van der Waals surface area contributed by atoms with Gasteiger partial charge < -0.3 is 14.7 Å². The van der Waals surface area contributed by atoms with Crippen LogP contribution in [0.15, 0.2) is 35.9 Å². The maximum Gasteiger partial charge on any atom is 0.329 e. The molecule has 0 fully saturated rings. The van der Waals surface area contributed by atoms with Crippen molar-refractivity contribution in [2.75, 3.05) is 13.7 Å². The van der Waals surface area contributed by atoms with Gasteiger partial charge >= 0.3 is 5.97 Å². The van der Waals surface area contributed by atoms with Gasteiger partial charge in [-0.3, -0.25) is 4.79 Å². The van der Waals surface area contributed by atoms with Crippen molar-refractivity contribution in [1.29, 1.82) is 0 Å². The van der Waals surface area contributed by atoms with Gasteiger partial charge in [0.2, 0.25) is 0 Å². The minimum absolute atomic E-state index is 0.361. The molecule has 1 aromatic carbocycles. The molecule has 0 aliphatic carbocycles. The van der Waals surface area contributed by atoms with Crippen LogP contribution in [0.1, 0.15) is 38.1 Å². The van der Waals surface area contributed by atoms with Crippen LogP contribution in [-0.4, -0.2) is 41.1 Å². The van der Waals surface area contributed by atoms with Crippen LogP contribution >= 0.6 is 0 Å². The van der Waals surface area contributed by atoms with Crippen LogP contribution in [0.25, 0.3) is 0 Å². The summed E-state index contributed by atoms with van der Waals surface area (Å²) in [6.45, 7) is 7.36. The van der Waals surface area contributed by atoms with Gasteiger partial charge in [-0.05, 0) is 52.0 Å². The number of ether oxygens (including phenoxy) is 1. The molecule has 5 heteroatoms.